The molecule has 1 aromatic carbocycles. The third kappa shape index (κ3) is 3.31. The molecule has 0 radical (unpaired) electrons. The molecule has 2 aliphatic rings. The van der Waals surface area contributed by atoms with Crippen molar-refractivity contribution in [3.63, 3.8) is 0 Å². The van der Waals surface area contributed by atoms with Crippen LogP contribution in [0.1, 0.15) is 37.7 Å². The highest BCUT2D eigenvalue weighted by Crippen LogP contribution is 2.27. The number of amides is 1. The molecular formula is C21H22N4O2S. The van der Waals surface area contributed by atoms with E-state index >= 15 is 0 Å². The molecule has 0 aliphatic carbocycles. The lowest BCUT2D eigenvalue weighted by Gasteiger charge is -2.25. The summed E-state index contributed by atoms with van der Waals surface area (Å²) in [7, 11) is 0. The third-order valence-corrected chi connectivity index (χ3v) is 6.41. The summed E-state index contributed by atoms with van der Waals surface area (Å²) in [6.45, 7) is 4.05. The van der Waals surface area contributed by atoms with Crippen LogP contribution in [0, 0.1) is 6.92 Å². The molecule has 6 nitrogen and oxygen atoms in total. The van der Waals surface area contributed by atoms with Gasteiger partial charge in [0.05, 0.1) is 18.6 Å². The lowest BCUT2D eigenvalue weighted by Crippen LogP contribution is -2.42. The Balaban J connectivity index is 1.27. The van der Waals surface area contributed by atoms with Gasteiger partial charge in [-0.15, -0.1) is 11.3 Å². The zero-order valence-electron chi connectivity index (χ0n) is 15.6. The van der Waals surface area contributed by atoms with E-state index in [1.807, 2.05) is 41.8 Å². The lowest BCUT2D eigenvalue weighted by atomic mass is 10.0. The number of para-hydroxylation sites is 1. The van der Waals surface area contributed by atoms with E-state index in [1.165, 1.54) is 9.75 Å². The van der Waals surface area contributed by atoms with Crippen molar-refractivity contribution in [1.82, 2.24) is 20.2 Å². The number of nitrogens with zero attached hydrogens (tertiary/aromatic N) is 2. The second-order valence-electron chi connectivity index (χ2n) is 7.37. The average Bonchev–Trinajstić information content (AvgIpc) is 3.33. The molecule has 0 saturated heterocycles. The van der Waals surface area contributed by atoms with E-state index in [4.69, 9.17) is 4.74 Å². The molecule has 7 heteroatoms. The van der Waals surface area contributed by atoms with Crippen LogP contribution in [-0.2, 0) is 19.5 Å². The number of rotatable bonds is 3. The first-order valence-corrected chi connectivity index (χ1v) is 10.3. The Labute approximate surface area is 167 Å². The predicted molar refractivity (Wildman–Crippen MR) is 108 cm³/mol. The zero-order chi connectivity index (χ0) is 19.1. The van der Waals surface area contributed by atoms with Gasteiger partial charge in [0.15, 0.2) is 0 Å². The van der Waals surface area contributed by atoms with Gasteiger partial charge >= 0.3 is 0 Å². The maximum absolute atomic E-state index is 12.7. The molecule has 28 heavy (non-hydrogen) atoms. The molecule has 2 unspecified atom stereocenters. The number of fused-ring (bicyclic) bond motifs is 2. The van der Waals surface area contributed by atoms with Gasteiger partial charge in [-0.25, -0.2) is 4.98 Å². The molecule has 1 amide bonds. The molecule has 3 aromatic rings. The normalized spacial score (nSPS) is 20.8. The number of aromatic nitrogens is 2. The number of hydrogen-bond donors (Lipinski definition) is 2. The molecule has 144 valence electrons. The number of thiophene rings is 1. The van der Waals surface area contributed by atoms with Crippen LogP contribution in [0.5, 0.6) is 5.75 Å². The summed E-state index contributed by atoms with van der Waals surface area (Å²) in [5.74, 6) is 1.67. The fraction of sp³-hybridized carbons (Fsp3) is 0.333. The summed E-state index contributed by atoms with van der Waals surface area (Å²) in [6, 6.07) is 12.5. The van der Waals surface area contributed by atoms with Crippen LogP contribution in [0.25, 0.3) is 0 Å². The molecular weight excluding hydrogens is 372 g/mol. The van der Waals surface area contributed by atoms with Gasteiger partial charge in [-0.2, -0.15) is 0 Å². The van der Waals surface area contributed by atoms with E-state index in [0.29, 0.717) is 18.8 Å². The molecule has 2 N–H and O–H groups in total. The number of ether oxygens (including phenoxy) is 1. The largest absolute Gasteiger partial charge is 0.491 e. The van der Waals surface area contributed by atoms with E-state index < -0.39 is 0 Å². The van der Waals surface area contributed by atoms with E-state index in [9.17, 15) is 4.79 Å². The monoisotopic (exact) mass is 394 g/mol. The summed E-state index contributed by atoms with van der Waals surface area (Å²) in [6.07, 6.45) is 2.65. The van der Waals surface area contributed by atoms with Crippen molar-refractivity contribution < 1.29 is 9.53 Å². The van der Waals surface area contributed by atoms with E-state index in [-0.39, 0.29) is 18.0 Å². The number of carbonyl (C=O) groups is 1. The molecule has 2 aromatic heterocycles. The van der Waals surface area contributed by atoms with Gasteiger partial charge in [0, 0.05) is 22.5 Å². The van der Waals surface area contributed by atoms with Crippen LogP contribution in [-0.4, -0.2) is 28.1 Å². The lowest BCUT2D eigenvalue weighted by molar-refractivity contribution is 0.0910. The number of imidazole rings is 1. The quantitative estimate of drug-likeness (QED) is 0.717. The minimum atomic E-state index is -0.140. The van der Waals surface area contributed by atoms with Crippen LogP contribution >= 0.6 is 11.3 Å². The highest BCUT2D eigenvalue weighted by molar-refractivity contribution is 7.12. The maximum Gasteiger partial charge on any atom is 0.271 e. The van der Waals surface area contributed by atoms with Crippen molar-refractivity contribution in [3.05, 3.63) is 69.4 Å². The topological polar surface area (TPSA) is 68.2 Å². The van der Waals surface area contributed by atoms with Crippen molar-refractivity contribution in [2.75, 3.05) is 6.61 Å². The molecule has 0 fully saturated rings. The van der Waals surface area contributed by atoms with Crippen molar-refractivity contribution in [3.8, 4) is 5.75 Å². The van der Waals surface area contributed by atoms with Crippen molar-refractivity contribution in [2.45, 2.75) is 38.5 Å². The van der Waals surface area contributed by atoms with E-state index in [0.717, 1.165) is 30.1 Å². The zero-order valence-corrected chi connectivity index (χ0v) is 16.5. The van der Waals surface area contributed by atoms with E-state index in [2.05, 4.69) is 39.2 Å². The summed E-state index contributed by atoms with van der Waals surface area (Å²) in [5.41, 5.74) is 1.60. The maximum atomic E-state index is 12.7. The number of aryl methyl sites for hydroxylation is 1. The second-order valence-corrected chi connectivity index (χ2v) is 8.69. The SMILES string of the molecule is Cc1ccc(C2Cn3cc(C(=O)NC4COc5ccccc5C4)nc3CN2)s1. The number of nitrogens with one attached hydrogen (secondary N) is 2. The summed E-state index contributed by atoms with van der Waals surface area (Å²) in [5, 5.41) is 6.60. The second kappa shape index (κ2) is 7.07. The van der Waals surface area contributed by atoms with Gasteiger partial charge < -0.3 is 19.9 Å². The van der Waals surface area contributed by atoms with Crippen LogP contribution in [0.2, 0.25) is 0 Å². The summed E-state index contributed by atoms with van der Waals surface area (Å²) < 4.78 is 7.86. The number of carbonyl (C=O) groups excluding carboxylic acids is 1. The first kappa shape index (κ1) is 17.5. The Hall–Kier alpha value is -2.64. The Morgan fingerprint density at radius 3 is 3.07 bits per heavy atom. The molecule has 5 rings (SSSR count). The molecule has 2 atom stereocenters. The third-order valence-electron chi connectivity index (χ3n) is 5.30. The fourth-order valence-electron chi connectivity index (χ4n) is 3.85. The molecule has 2 aliphatic heterocycles. The smallest absolute Gasteiger partial charge is 0.271 e. The molecule has 0 bridgehead atoms. The Morgan fingerprint density at radius 1 is 1.32 bits per heavy atom. The highest BCUT2D eigenvalue weighted by Gasteiger charge is 2.26. The van der Waals surface area contributed by atoms with Crippen molar-refractivity contribution in [1.29, 1.82) is 0 Å². The van der Waals surface area contributed by atoms with Crippen molar-refractivity contribution >= 4 is 17.2 Å². The summed E-state index contributed by atoms with van der Waals surface area (Å²) in [4.78, 5) is 19.9. The molecule has 0 spiro atoms. The number of hydrogen-bond acceptors (Lipinski definition) is 5. The predicted octanol–water partition coefficient (Wildman–Crippen LogP) is 2.83. The van der Waals surface area contributed by atoms with Gasteiger partial charge in [-0.1, -0.05) is 18.2 Å². The number of benzene rings is 1. The summed E-state index contributed by atoms with van der Waals surface area (Å²) >= 11 is 1.81. The van der Waals surface area contributed by atoms with Crippen LogP contribution in [0.4, 0.5) is 0 Å². The van der Waals surface area contributed by atoms with Gasteiger partial charge in [0.25, 0.3) is 5.91 Å². The van der Waals surface area contributed by atoms with E-state index in [1.54, 1.807) is 0 Å². The molecule has 0 saturated carbocycles. The minimum Gasteiger partial charge on any atom is -0.491 e. The van der Waals surface area contributed by atoms with Gasteiger partial charge in [0.2, 0.25) is 0 Å². The molecule has 4 heterocycles. The van der Waals surface area contributed by atoms with Crippen LogP contribution < -0.4 is 15.4 Å². The van der Waals surface area contributed by atoms with Gasteiger partial charge in [0.1, 0.15) is 23.9 Å². The highest BCUT2D eigenvalue weighted by atomic mass is 32.1. The Kier molecular flexibility index (Phi) is 4.41. The van der Waals surface area contributed by atoms with Gasteiger partial charge in [-0.05, 0) is 37.1 Å². The van der Waals surface area contributed by atoms with Crippen LogP contribution in [0.15, 0.2) is 42.6 Å². The average molecular weight is 395 g/mol. The van der Waals surface area contributed by atoms with Crippen LogP contribution in [0.3, 0.4) is 0 Å². The first-order chi connectivity index (χ1) is 13.7. The first-order valence-electron chi connectivity index (χ1n) is 9.53. The standard InChI is InChI=1S/C21H22N4O2S/c1-13-6-7-19(28-13)16-10-25-11-17(24-20(25)9-22-16)21(26)23-15-8-14-4-2-3-5-18(14)27-12-15/h2-7,11,15-16,22H,8-10,12H2,1H3,(H,23,26). The van der Waals surface area contributed by atoms with Crippen molar-refractivity contribution in [2.24, 2.45) is 0 Å². The minimum absolute atomic E-state index is 0.0407. The van der Waals surface area contributed by atoms with Gasteiger partial charge in [-0.3, -0.25) is 4.79 Å². The Bertz CT molecular complexity index is 1030. The Morgan fingerprint density at radius 2 is 2.21 bits per heavy atom. The fourth-order valence-corrected chi connectivity index (χ4v) is 4.79.